The summed E-state index contributed by atoms with van der Waals surface area (Å²) >= 11 is 0. The number of allylic oxidation sites excluding steroid dienone is 1. The first-order valence-electron chi connectivity index (χ1n) is 37.1. The second-order valence-corrected chi connectivity index (χ2v) is 27.9. The zero-order valence-electron chi connectivity index (χ0n) is 59.4. The highest BCUT2D eigenvalue weighted by atomic mass is 16.8. The molecular weight excluding hydrogens is 1350 g/mol. The average molecular weight is 1480 g/mol. The molecule has 0 bridgehead atoms. The van der Waals surface area contributed by atoms with E-state index in [0.717, 1.165) is 58.3 Å². The molecule has 5 saturated heterocycles. The summed E-state index contributed by atoms with van der Waals surface area (Å²) in [4.78, 5) is 39.1. The van der Waals surface area contributed by atoms with Gasteiger partial charge in [0.2, 0.25) is 11.8 Å². The molecule has 0 aliphatic carbocycles. The summed E-state index contributed by atoms with van der Waals surface area (Å²) in [7, 11) is 0. The standard InChI is InChI=1S/C69H124N2O31/c1-4-6-8-10-12-14-16-18-20-22-24-26-28-30-41(77)40(71-48(80)31-29-27-25-23-21-19-17-15-13-11-9-7-5-2)37-93-65-58(89)56(87)60(46(36-75)97-65)99-67-59(90)62(54(85)45(35-74)96-67)101-64-49(70-39(3)76)61(53(84)44(34-73)95-64)100-66-57(88)55(86)52(83)47(98-66)38-94-69(68(91)92)32-42(78)50(81)63(102-69)51(82)43(79)33-72/h28,30,40-47,49-67,72-75,77-79,81-90H,4-27,29,31-38H2,1-3H3,(H,70,76)(H,71,80)(H,91,92)/b30-28+/t40-,41+,42?,43+,44?,45?,46?,47?,49?,50+,51+,52-,53+,54-,55-,56+,57?,58?,59?,60+,61+,62-,63?,64-,65+,66-,67-,69+/m0/s1. The van der Waals surface area contributed by atoms with E-state index in [1.807, 2.05) is 6.08 Å². The molecule has 5 aliphatic heterocycles. The first-order valence-corrected chi connectivity index (χ1v) is 37.1. The van der Waals surface area contributed by atoms with Crippen molar-refractivity contribution in [2.45, 2.75) is 365 Å². The van der Waals surface area contributed by atoms with E-state index in [1.54, 1.807) is 6.08 Å². The Morgan fingerprint density at radius 2 is 0.990 bits per heavy atom. The number of carbonyl (C=O) groups is 3. The van der Waals surface area contributed by atoms with Crippen LogP contribution in [0.2, 0.25) is 0 Å². The first-order chi connectivity index (χ1) is 48.8. The molecule has 5 aliphatic rings. The van der Waals surface area contributed by atoms with E-state index in [9.17, 15) is 106 Å². The summed E-state index contributed by atoms with van der Waals surface area (Å²) in [5, 5.41) is 202. The van der Waals surface area contributed by atoms with Crippen molar-refractivity contribution in [2.24, 2.45) is 0 Å². The number of carboxylic acid groups (broad SMARTS) is 1. The van der Waals surface area contributed by atoms with Crippen molar-refractivity contribution < 1.29 is 154 Å². The predicted molar refractivity (Wildman–Crippen MR) is 358 cm³/mol. The third kappa shape index (κ3) is 27.0. The molecule has 596 valence electrons. The van der Waals surface area contributed by atoms with Gasteiger partial charge in [-0.3, -0.25) is 9.59 Å². The van der Waals surface area contributed by atoms with E-state index < -0.39 is 229 Å². The predicted octanol–water partition coefficient (Wildman–Crippen LogP) is -1.97. The van der Waals surface area contributed by atoms with Gasteiger partial charge in [0.25, 0.3) is 5.79 Å². The van der Waals surface area contributed by atoms with Gasteiger partial charge < -0.3 is 150 Å². The number of hydrogen-bond acceptors (Lipinski definition) is 30. The molecule has 5 heterocycles. The molecule has 33 nitrogen and oxygen atoms in total. The Bertz CT molecular complexity index is 2340. The minimum atomic E-state index is -3.00. The van der Waals surface area contributed by atoms with Crippen LogP contribution < -0.4 is 10.6 Å². The minimum Gasteiger partial charge on any atom is -0.477 e. The van der Waals surface area contributed by atoms with Gasteiger partial charge >= 0.3 is 5.97 Å². The molecule has 5 fully saturated rings. The average Bonchev–Trinajstić information content (AvgIpc) is 0.773. The number of aliphatic hydroxyl groups excluding tert-OH is 17. The van der Waals surface area contributed by atoms with Crippen LogP contribution >= 0.6 is 0 Å². The maximum atomic E-state index is 13.5. The molecule has 0 aromatic rings. The highest BCUT2D eigenvalue weighted by Gasteiger charge is 2.59. The van der Waals surface area contributed by atoms with E-state index in [-0.39, 0.29) is 12.3 Å². The molecule has 10 unspecified atom stereocenters. The molecule has 5 rings (SSSR count). The second kappa shape index (κ2) is 47.1. The molecule has 33 heteroatoms. The Balaban J connectivity index is 1.26. The molecule has 0 spiro atoms. The molecule has 20 N–H and O–H groups in total. The normalized spacial score (nSPS) is 35.8. The van der Waals surface area contributed by atoms with Crippen molar-refractivity contribution in [1.82, 2.24) is 10.6 Å². The number of rotatable bonds is 49. The number of carboxylic acids is 1. The number of aliphatic hydroxyl groups is 17. The van der Waals surface area contributed by atoms with Crippen molar-refractivity contribution in [3.05, 3.63) is 12.2 Å². The van der Waals surface area contributed by atoms with E-state index in [2.05, 4.69) is 24.5 Å². The smallest absolute Gasteiger partial charge is 0.364 e. The molecule has 2 amide bonds. The molecule has 102 heavy (non-hydrogen) atoms. The third-order valence-electron chi connectivity index (χ3n) is 19.7. The topological polar surface area (TPSA) is 532 Å². The molecule has 0 saturated carbocycles. The van der Waals surface area contributed by atoms with E-state index in [1.165, 1.54) is 96.3 Å². The van der Waals surface area contributed by atoms with Gasteiger partial charge in [0.15, 0.2) is 25.2 Å². The van der Waals surface area contributed by atoms with Crippen molar-refractivity contribution in [2.75, 3.05) is 39.6 Å². The zero-order chi connectivity index (χ0) is 75.1. The van der Waals surface area contributed by atoms with Gasteiger partial charge in [-0.05, 0) is 19.3 Å². The lowest BCUT2D eigenvalue weighted by Crippen LogP contribution is -2.70. The van der Waals surface area contributed by atoms with E-state index >= 15 is 0 Å². The lowest BCUT2D eigenvalue weighted by molar-refractivity contribution is -0.382. The molecule has 0 radical (unpaired) electrons. The van der Waals surface area contributed by atoms with Crippen LogP contribution in [0.25, 0.3) is 0 Å². The number of carbonyl (C=O) groups excluding carboxylic acids is 2. The van der Waals surface area contributed by atoms with Crippen LogP contribution in [0.4, 0.5) is 0 Å². The highest BCUT2D eigenvalue weighted by molar-refractivity contribution is 5.76. The van der Waals surface area contributed by atoms with Gasteiger partial charge in [-0.1, -0.05) is 167 Å². The van der Waals surface area contributed by atoms with E-state index in [0.29, 0.717) is 12.8 Å². The van der Waals surface area contributed by atoms with Gasteiger partial charge in [0, 0.05) is 19.8 Å². The van der Waals surface area contributed by atoms with Crippen LogP contribution in [0.1, 0.15) is 194 Å². The SMILES string of the molecule is CCCCCCCCCCCCC/C=C/[C@@H](O)[C@H](CO[C@@H]1OC(CO)[C@@H](O[C@@H]2OC(CO)[C@H](O)[C@H](O[C@@H]3OC(CO)[C@@H](O)[C@H](O[C@@H]4OC(CO[C@]5(C(=O)O)CC(O)[C@@H](O)C([C@H](O)[C@H](O)CO)O5)[C@H](O)[C@H](O)C4O)C3NC(C)=O)C2O)[C@H](O)C1O)NC(=O)CCCCCCCCCCCCCCC. The monoisotopic (exact) mass is 1480 g/mol. The Labute approximate surface area is 597 Å². The summed E-state index contributed by atoms with van der Waals surface area (Å²) in [6, 6.07) is -2.93. The fraction of sp³-hybridized carbons (Fsp3) is 0.928. The van der Waals surface area contributed by atoms with Crippen LogP contribution in [-0.4, -0.2) is 321 Å². The summed E-state index contributed by atoms with van der Waals surface area (Å²) < 4.78 is 58.2. The van der Waals surface area contributed by atoms with Crippen molar-refractivity contribution >= 4 is 17.8 Å². The lowest BCUT2D eigenvalue weighted by atomic mass is 9.90. The highest BCUT2D eigenvalue weighted by Crippen LogP contribution is 2.38. The van der Waals surface area contributed by atoms with Crippen molar-refractivity contribution in [3.8, 4) is 0 Å². The number of unbranched alkanes of at least 4 members (excludes halogenated alkanes) is 23. The van der Waals surface area contributed by atoms with Crippen LogP contribution in [0.5, 0.6) is 0 Å². The van der Waals surface area contributed by atoms with Gasteiger partial charge in [-0.15, -0.1) is 0 Å². The Morgan fingerprint density at radius 3 is 1.52 bits per heavy atom. The number of aliphatic carboxylic acids is 1. The van der Waals surface area contributed by atoms with Gasteiger partial charge in [0.05, 0.1) is 57.9 Å². The molecule has 0 aromatic heterocycles. The Morgan fingerprint density at radius 1 is 0.520 bits per heavy atom. The largest absolute Gasteiger partial charge is 0.477 e. The van der Waals surface area contributed by atoms with Gasteiger partial charge in [-0.2, -0.15) is 0 Å². The fourth-order valence-corrected chi connectivity index (χ4v) is 13.4. The van der Waals surface area contributed by atoms with Crippen LogP contribution in [-0.2, 0) is 61.8 Å². The number of hydrogen-bond donors (Lipinski definition) is 20. The van der Waals surface area contributed by atoms with Crippen LogP contribution in [0, 0.1) is 0 Å². The Hall–Kier alpha value is -2.93. The minimum absolute atomic E-state index is 0.173. The molecule has 0 aromatic carbocycles. The van der Waals surface area contributed by atoms with E-state index in [4.69, 9.17) is 47.4 Å². The van der Waals surface area contributed by atoms with Crippen molar-refractivity contribution in [3.63, 3.8) is 0 Å². The number of amides is 2. The summed E-state index contributed by atoms with van der Waals surface area (Å²) in [6.07, 6.45) is -19.0. The Kier molecular flexibility index (Phi) is 41.4. The summed E-state index contributed by atoms with van der Waals surface area (Å²) in [6.45, 7) is -0.304. The van der Waals surface area contributed by atoms with Crippen LogP contribution in [0.3, 0.4) is 0 Å². The van der Waals surface area contributed by atoms with Crippen LogP contribution in [0.15, 0.2) is 12.2 Å². The summed E-state index contributed by atoms with van der Waals surface area (Å²) in [5.41, 5.74) is 0. The fourth-order valence-electron chi connectivity index (χ4n) is 13.4. The number of ether oxygens (including phenoxy) is 10. The quantitative estimate of drug-likeness (QED) is 0.0232. The van der Waals surface area contributed by atoms with Crippen molar-refractivity contribution in [1.29, 1.82) is 0 Å². The number of nitrogens with one attached hydrogen (secondary N) is 2. The molecular formula is C69H124N2O31. The maximum Gasteiger partial charge on any atom is 0.364 e. The van der Waals surface area contributed by atoms with Gasteiger partial charge in [-0.25, -0.2) is 4.79 Å². The molecule has 28 atom stereocenters. The first kappa shape index (κ1) is 89.7. The lowest BCUT2D eigenvalue weighted by Gasteiger charge is -2.50. The third-order valence-corrected chi connectivity index (χ3v) is 19.7. The summed E-state index contributed by atoms with van der Waals surface area (Å²) in [5.74, 6) is -6.22. The maximum absolute atomic E-state index is 13.5. The zero-order valence-corrected chi connectivity index (χ0v) is 59.4. The van der Waals surface area contributed by atoms with Gasteiger partial charge in [0.1, 0.15) is 122 Å². The second-order valence-electron chi connectivity index (χ2n) is 27.9.